The van der Waals surface area contributed by atoms with Crippen molar-refractivity contribution >= 4 is 29.2 Å². The van der Waals surface area contributed by atoms with Crippen LogP contribution in [-0.2, 0) is 10.2 Å². The number of hydrogen-bond donors (Lipinski definition) is 2. The summed E-state index contributed by atoms with van der Waals surface area (Å²) < 4.78 is 0. The lowest BCUT2D eigenvalue weighted by Crippen LogP contribution is -2.42. The van der Waals surface area contributed by atoms with Crippen LogP contribution in [0, 0.1) is 0 Å². The van der Waals surface area contributed by atoms with E-state index in [1.165, 1.54) is 0 Å². The van der Waals surface area contributed by atoms with E-state index in [2.05, 4.69) is 0 Å². The van der Waals surface area contributed by atoms with Gasteiger partial charge < -0.3 is 10.8 Å². The van der Waals surface area contributed by atoms with Crippen molar-refractivity contribution in [2.24, 2.45) is 5.73 Å². The molecule has 5 heteroatoms. The minimum absolute atomic E-state index is 0.0774. The molecule has 0 saturated heterocycles. The second-order valence-electron chi connectivity index (χ2n) is 4.40. The Morgan fingerprint density at radius 3 is 2.53 bits per heavy atom. The van der Waals surface area contributed by atoms with Crippen molar-refractivity contribution in [3.63, 3.8) is 0 Å². The van der Waals surface area contributed by atoms with Gasteiger partial charge in [-0.05, 0) is 24.6 Å². The molecule has 0 aliphatic heterocycles. The summed E-state index contributed by atoms with van der Waals surface area (Å²) >= 11 is 11.9. The minimum atomic E-state index is -0.907. The van der Waals surface area contributed by atoms with Gasteiger partial charge >= 0.3 is 5.97 Å². The lowest BCUT2D eigenvalue weighted by molar-refractivity contribution is -0.138. The summed E-state index contributed by atoms with van der Waals surface area (Å²) in [5.74, 6) is -0.907. The Morgan fingerprint density at radius 2 is 2.12 bits per heavy atom. The largest absolute Gasteiger partial charge is 0.481 e. The third-order valence-corrected chi connectivity index (χ3v) is 3.62. The lowest BCUT2D eigenvalue weighted by atomic mass is 9.74. The highest BCUT2D eigenvalue weighted by Crippen LogP contribution is 2.36. The molecule has 0 fully saturated rings. The molecule has 0 aromatic heterocycles. The smallest absolute Gasteiger partial charge is 0.304 e. The Bertz CT molecular complexity index is 435. The van der Waals surface area contributed by atoms with Gasteiger partial charge in [0.25, 0.3) is 0 Å². The molecule has 0 aliphatic carbocycles. The molecule has 1 aromatic rings. The molecule has 2 unspecified atom stereocenters. The first-order chi connectivity index (χ1) is 7.77. The molecule has 3 N–H and O–H groups in total. The average molecular weight is 276 g/mol. The fourth-order valence-electron chi connectivity index (χ4n) is 1.77. The van der Waals surface area contributed by atoms with Gasteiger partial charge in [0.15, 0.2) is 0 Å². The lowest BCUT2D eigenvalue weighted by Gasteiger charge is -2.33. The summed E-state index contributed by atoms with van der Waals surface area (Å²) in [6.07, 6.45) is -0.0774. The maximum atomic E-state index is 10.9. The van der Waals surface area contributed by atoms with Crippen molar-refractivity contribution in [2.45, 2.75) is 31.7 Å². The molecule has 0 amide bonds. The van der Waals surface area contributed by atoms with Gasteiger partial charge in [0.1, 0.15) is 0 Å². The molecule has 94 valence electrons. The van der Waals surface area contributed by atoms with Crippen LogP contribution in [0.25, 0.3) is 0 Å². The first-order valence-corrected chi connectivity index (χ1v) is 5.96. The van der Waals surface area contributed by atoms with Gasteiger partial charge in [-0.25, -0.2) is 0 Å². The van der Waals surface area contributed by atoms with Gasteiger partial charge in [0, 0.05) is 21.5 Å². The number of benzene rings is 1. The number of carboxylic acid groups (broad SMARTS) is 1. The van der Waals surface area contributed by atoms with E-state index in [1.54, 1.807) is 32.0 Å². The summed E-state index contributed by atoms with van der Waals surface area (Å²) in [7, 11) is 0. The third kappa shape index (κ3) is 3.12. The second kappa shape index (κ2) is 5.25. The van der Waals surface area contributed by atoms with Crippen molar-refractivity contribution in [1.82, 2.24) is 0 Å². The average Bonchev–Trinajstić information content (AvgIpc) is 2.15. The molecule has 0 radical (unpaired) electrons. The van der Waals surface area contributed by atoms with Gasteiger partial charge in [-0.3, -0.25) is 4.79 Å². The molecule has 3 nitrogen and oxygen atoms in total. The van der Waals surface area contributed by atoms with E-state index < -0.39 is 11.4 Å². The van der Waals surface area contributed by atoms with Crippen molar-refractivity contribution in [2.75, 3.05) is 0 Å². The molecule has 0 heterocycles. The molecule has 0 aliphatic rings. The Hall–Kier alpha value is -0.770. The predicted octanol–water partition coefficient (Wildman–Crippen LogP) is 3.07. The topological polar surface area (TPSA) is 63.3 Å². The van der Waals surface area contributed by atoms with E-state index in [0.29, 0.717) is 15.6 Å². The summed E-state index contributed by atoms with van der Waals surface area (Å²) in [5, 5.41) is 9.94. The number of carboxylic acids is 1. The van der Waals surface area contributed by atoms with E-state index in [0.717, 1.165) is 0 Å². The van der Waals surface area contributed by atoms with Gasteiger partial charge in [-0.15, -0.1) is 0 Å². The van der Waals surface area contributed by atoms with Crippen LogP contribution in [0.5, 0.6) is 0 Å². The van der Waals surface area contributed by atoms with Gasteiger partial charge in [-0.1, -0.05) is 36.2 Å². The van der Waals surface area contributed by atoms with Crippen molar-refractivity contribution in [1.29, 1.82) is 0 Å². The SMILES string of the molecule is CC(N)C(C)(CC(=O)O)c1ccc(Cl)cc1Cl. The van der Waals surface area contributed by atoms with Crippen LogP contribution in [0.15, 0.2) is 18.2 Å². The summed E-state index contributed by atoms with van der Waals surface area (Å²) in [5.41, 5.74) is 5.90. The van der Waals surface area contributed by atoms with E-state index in [9.17, 15) is 4.79 Å². The molecular formula is C12H15Cl2NO2. The fourth-order valence-corrected chi connectivity index (χ4v) is 2.39. The number of hydrogen-bond acceptors (Lipinski definition) is 2. The molecular weight excluding hydrogens is 261 g/mol. The van der Waals surface area contributed by atoms with Gasteiger partial charge in [0.05, 0.1) is 6.42 Å². The van der Waals surface area contributed by atoms with Crippen LogP contribution in [-0.4, -0.2) is 17.1 Å². The monoisotopic (exact) mass is 275 g/mol. The molecule has 0 spiro atoms. The highest BCUT2D eigenvalue weighted by Gasteiger charge is 2.35. The highest BCUT2D eigenvalue weighted by molar-refractivity contribution is 6.35. The number of aliphatic carboxylic acids is 1. The Morgan fingerprint density at radius 1 is 1.53 bits per heavy atom. The molecule has 1 rings (SSSR count). The summed E-state index contributed by atoms with van der Waals surface area (Å²) in [4.78, 5) is 10.9. The van der Waals surface area contributed by atoms with Gasteiger partial charge in [0.2, 0.25) is 0 Å². The highest BCUT2D eigenvalue weighted by atomic mass is 35.5. The maximum Gasteiger partial charge on any atom is 0.304 e. The van der Waals surface area contributed by atoms with Crippen LogP contribution >= 0.6 is 23.2 Å². The zero-order valence-corrected chi connectivity index (χ0v) is 11.2. The maximum absolute atomic E-state index is 10.9. The van der Waals surface area contributed by atoms with Crippen molar-refractivity contribution < 1.29 is 9.90 Å². The molecule has 0 bridgehead atoms. The van der Waals surface area contributed by atoms with E-state index in [-0.39, 0.29) is 12.5 Å². The summed E-state index contributed by atoms with van der Waals surface area (Å²) in [6.45, 7) is 3.56. The normalized spacial score (nSPS) is 16.3. The Kier molecular flexibility index (Phi) is 4.42. The zero-order valence-electron chi connectivity index (χ0n) is 9.71. The molecule has 17 heavy (non-hydrogen) atoms. The van der Waals surface area contributed by atoms with Crippen molar-refractivity contribution in [3.05, 3.63) is 33.8 Å². The Labute approximate surface area is 111 Å². The van der Waals surface area contributed by atoms with Crippen LogP contribution in [0.2, 0.25) is 10.0 Å². The molecule has 1 aromatic carbocycles. The van der Waals surface area contributed by atoms with Crippen LogP contribution in [0.4, 0.5) is 0 Å². The van der Waals surface area contributed by atoms with Crippen LogP contribution in [0.3, 0.4) is 0 Å². The molecule has 2 atom stereocenters. The minimum Gasteiger partial charge on any atom is -0.481 e. The standard InChI is InChI=1S/C12H15Cl2NO2/c1-7(15)12(2,6-11(16)17)9-4-3-8(13)5-10(9)14/h3-5,7H,6,15H2,1-2H3,(H,16,17). The predicted molar refractivity (Wildman–Crippen MR) is 69.7 cm³/mol. The zero-order chi connectivity index (χ0) is 13.2. The first kappa shape index (κ1) is 14.3. The van der Waals surface area contributed by atoms with Gasteiger partial charge in [-0.2, -0.15) is 0 Å². The Balaban J connectivity index is 3.27. The first-order valence-electron chi connectivity index (χ1n) is 5.20. The number of halogens is 2. The molecule has 0 saturated carbocycles. The van der Waals surface area contributed by atoms with E-state index in [1.807, 2.05) is 0 Å². The fraction of sp³-hybridized carbons (Fsp3) is 0.417. The van der Waals surface area contributed by atoms with Crippen LogP contribution in [0.1, 0.15) is 25.8 Å². The number of carbonyl (C=O) groups is 1. The van der Waals surface area contributed by atoms with Crippen molar-refractivity contribution in [3.8, 4) is 0 Å². The van der Waals surface area contributed by atoms with E-state index in [4.69, 9.17) is 34.0 Å². The quantitative estimate of drug-likeness (QED) is 0.888. The third-order valence-electron chi connectivity index (χ3n) is 3.07. The number of nitrogens with two attached hydrogens (primary N) is 1. The summed E-state index contributed by atoms with van der Waals surface area (Å²) in [6, 6.07) is 4.68. The van der Waals surface area contributed by atoms with E-state index >= 15 is 0 Å². The van der Waals surface area contributed by atoms with Crippen LogP contribution < -0.4 is 5.73 Å². The number of rotatable bonds is 4. The second-order valence-corrected chi connectivity index (χ2v) is 5.24.